The van der Waals surface area contributed by atoms with Crippen LogP contribution in [-0.2, 0) is 0 Å². The molecular weight excluding hydrogens is 973 g/mol. The Balaban J connectivity index is 0.000000310. The zero-order valence-electron chi connectivity index (χ0n) is 53.0. The SMILES string of the molecule is CC(C)c1ccc(C2CCC2)cc1.CC(C)c1ccccc1.CC(C)c1cccnc1.CC(C)c1nccs1.Cc1ccc(C(C)C)cc1.Cc1ccc(C(C)C)cc1.Cc1ccc(C(C)C)cc1.Cc1ccc(C(C)C)cc1. The largest absolute Gasteiger partial charge is 0.264 e. The van der Waals surface area contributed by atoms with Crippen LogP contribution >= 0.6 is 11.3 Å². The van der Waals surface area contributed by atoms with Gasteiger partial charge in [0.1, 0.15) is 0 Å². The molecule has 1 aliphatic rings. The van der Waals surface area contributed by atoms with Gasteiger partial charge in [-0.15, -0.1) is 11.3 Å². The van der Waals surface area contributed by atoms with Crippen LogP contribution < -0.4 is 0 Å². The Labute approximate surface area is 489 Å². The summed E-state index contributed by atoms with van der Waals surface area (Å²) in [5, 5.41) is 3.24. The highest BCUT2D eigenvalue weighted by molar-refractivity contribution is 7.09. The molecule has 2 nitrogen and oxygen atoms in total. The molecule has 0 spiro atoms. The van der Waals surface area contributed by atoms with Crippen LogP contribution in [0.5, 0.6) is 0 Å². The number of rotatable bonds is 9. The van der Waals surface area contributed by atoms with Gasteiger partial charge < -0.3 is 0 Å². The van der Waals surface area contributed by atoms with Crippen LogP contribution in [-0.4, -0.2) is 9.97 Å². The third kappa shape index (κ3) is 29.8. The van der Waals surface area contributed by atoms with Gasteiger partial charge >= 0.3 is 0 Å². The number of hydrogen-bond acceptors (Lipinski definition) is 3. The van der Waals surface area contributed by atoms with E-state index in [0.29, 0.717) is 47.3 Å². The van der Waals surface area contributed by atoms with Gasteiger partial charge in [-0.3, -0.25) is 4.98 Å². The molecule has 1 fully saturated rings. The number of aromatic nitrogens is 2. The molecule has 0 radical (unpaired) electrons. The maximum Gasteiger partial charge on any atom is 0.0950 e. The van der Waals surface area contributed by atoms with E-state index in [1.165, 1.54) is 85.5 Å². The van der Waals surface area contributed by atoms with Crippen LogP contribution in [0.2, 0.25) is 0 Å². The van der Waals surface area contributed by atoms with Crippen molar-refractivity contribution in [2.24, 2.45) is 0 Å². The summed E-state index contributed by atoms with van der Waals surface area (Å²) in [4.78, 5) is 8.14. The van der Waals surface area contributed by atoms with Gasteiger partial charge in [0.05, 0.1) is 5.01 Å². The average Bonchev–Trinajstić information content (AvgIpc) is 3.97. The Morgan fingerprint density at radius 3 is 0.835 bits per heavy atom. The second kappa shape index (κ2) is 38.7. The van der Waals surface area contributed by atoms with Crippen LogP contribution in [0.1, 0.15) is 255 Å². The minimum absolute atomic E-state index is 0.593. The molecule has 0 atom stereocenters. The van der Waals surface area contributed by atoms with E-state index in [1.807, 2.05) is 29.9 Å². The lowest BCUT2D eigenvalue weighted by Crippen LogP contribution is -2.08. The Hall–Kier alpha value is -5.90. The summed E-state index contributed by atoms with van der Waals surface area (Å²) in [6.45, 7) is 43.7. The zero-order valence-corrected chi connectivity index (χ0v) is 53.8. The Morgan fingerprint density at radius 2 is 0.633 bits per heavy atom. The van der Waals surface area contributed by atoms with E-state index in [-0.39, 0.29) is 0 Å². The highest BCUT2D eigenvalue weighted by Gasteiger charge is 2.19. The maximum atomic E-state index is 4.13. The summed E-state index contributed by atoms with van der Waals surface area (Å²) < 4.78 is 0. The first-order chi connectivity index (χ1) is 37.5. The van der Waals surface area contributed by atoms with Crippen molar-refractivity contribution < 1.29 is 0 Å². The first-order valence-electron chi connectivity index (χ1n) is 29.7. The van der Waals surface area contributed by atoms with Crippen LogP contribution in [0.3, 0.4) is 0 Å². The third-order valence-electron chi connectivity index (χ3n) is 13.9. The molecule has 9 rings (SSSR count). The molecule has 1 saturated carbocycles. The molecule has 426 valence electrons. The van der Waals surface area contributed by atoms with Gasteiger partial charge in [-0.2, -0.15) is 0 Å². The van der Waals surface area contributed by atoms with E-state index >= 15 is 0 Å². The molecule has 0 unspecified atom stereocenters. The number of aryl methyl sites for hydroxylation is 4. The van der Waals surface area contributed by atoms with Crippen molar-refractivity contribution >= 4 is 11.3 Å². The van der Waals surface area contributed by atoms with Crippen molar-refractivity contribution in [2.75, 3.05) is 0 Å². The molecular formula is C76H106N2S. The van der Waals surface area contributed by atoms with Crippen molar-refractivity contribution in [3.05, 3.63) is 260 Å². The number of thiazole rings is 1. The van der Waals surface area contributed by atoms with E-state index in [9.17, 15) is 0 Å². The normalized spacial score (nSPS) is 11.5. The fourth-order valence-corrected chi connectivity index (χ4v) is 8.43. The van der Waals surface area contributed by atoms with E-state index in [0.717, 1.165) is 5.92 Å². The van der Waals surface area contributed by atoms with Gasteiger partial charge in [-0.25, -0.2) is 4.98 Å². The van der Waals surface area contributed by atoms with Gasteiger partial charge in [0.2, 0.25) is 0 Å². The minimum Gasteiger partial charge on any atom is -0.264 e. The van der Waals surface area contributed by atoms with E-state index in [1.54, 1.807) is 23.1 Å². The van der Waals surface area contributed by atoms with Crippen molar-refractivity contribution in [1.29, 1.82) is 0 Å². The molecule has 8 aromatic rings. The molecule has 2 heterocycles. The van der Waals surface area contributed by atoms with Gasteiger partial charge in [0.25, 0.3) is 0 Å². The zero-order chi connectivity index (χ0) is 58.9. The highest BCUT2D eigenvalue weighted by Crippen LogP contribution is 2.36. The standard InChI is InChI=1S/C13H18.4C10H14.C9H12.C8H11N.C6H9NS/c1-10(2)11-6-8-13(9-7-11)12-4-3-5-12;4*1-8(2)10-6-4-9(3)5-7-10;1-8(2)9-6-4-3-5-7-9;1-7(2)8-4-3-5-9-6-8;1-5(2)6-7-3-4-8-6/h6-10,12H,3-5H2,1-2H3;4*4-8H,1-3H3;3-8H,1-2H3;3-7H,1-2H3;3-5H,1-2H3. The molecule has 2 aromatic heterocycles. The summed E-state index contributed by atoms with van der Waals surface area (Å²) in [5.41, 5.74) is 16.8. The van der Waals surface area contributed by atoms with E-state index in [2.05, 4.69) is 300 Å². The van der Waals surface area contributed by atoms with E-state index < -0.39 is 0 Å². The molecule has 3 heteroatoms. The number of hydrogen-bond donors (Lipinski definition) is 0. The van der Waals surface area contributed by atoms with Crippen LogP contribution in [0.4, 0.5) is 0 Å². The second-order valence-corrected chi connectivity index (χ2v) is 24.7. The summed E-state index contributed by atoms with van der Waals surface area (Å²) in [6, 6.07) is 58.7. The lowest BCUT2D eigenvalue weighted by Gasteiger charge is -2.26. The van der Waals surface area contributed by atoms with Crippen LogP contribution in [0.15, 0.2) is 188 Å². The van der Waals surface area contributed by atoms with Crippen LogP contribution in [0, 0.1) is 27.7 Å². The lowest BCUT2D eigenvalue weighted by molar-refractivity contribution is 0.419. The average molecular weight is 1080 g/mol. The molecule has 0 aliphatic heterocycles. The summed E-state index contributed by atoms with van der Waals surface area (Å²) in [6.07, 6.45) is 9.79. The summed E-state index contributed by atoms with van der Waals surface area (Å²) >= 11 is 1.72. The quantitative estimate of drug-likeness (QED) is 0.144. The molecule has 0 saturated heterocycles. The number of nitrogens with zero attached hydrogens (tertiary/aromatic N) is 2. The van der Waals surface area contributed by atoms with E-state index in [4.69, 9.17) is 0 Å². The number of benzene rings is 6. The first-order valence-corrected chi connectivity index (χ1v) is 30.6. The topological polar surface area (TPSA) is 25.8 Å². The van der Waals surface area contributed by atoms with Crippen molar-refractivity contribution in [3.8, 4) is 0 Å². The number of pyridine rings is 1. The predicted molar refractivity (Wildman–Crippen MR) is 353 cm³/mol. The molecule has 1 aliphatic carbocycles. The van der Waals surface area contributed by atoms with Crippen molar-refractivity contribution in [3.63, 3.8) is 0 Å². The monoisotopic (exact) mass is 1080 g/mol. The third-order valence-corrected chi connectivity index (χ3v) is 15.0. The second-order valence-electron chi connectivity index (χ2n) is 23.7. The van der Waals surface area contributed by atoms with Gasteiger partial charge in [0, 0.05) is 29.9 Å². The van der Waals surface area contributed by atoms with Crippen LogP contribution in [0.25, 0.3) is 0 Å². The Kier molecular flexibility index (Phi) is 33.9. The van der Waals surface area contributed by atoms with Crippen molar-refractivity contribution in [1.82, 2.24) is 9.97 Å². The van der Waals surface area contributed by atoms with Gasteiger partial charge in [-0.05, 0) is 138 Å². The molecule has 79 heavy (non-hydrogen) atoms. The Morgan fingerprint density at radius 1 is 0.329 bits per heavy atom. The van der Waals surface area contributed by atoms with Crippen molar-refractivity contribution in [2.45, 2.75) is 211 Å². The molecule has 0 N–H and O–H groups in total. The molecule has 0 amide bonds. The van der Waals surface area contributed by atoms with Gasteiger partial charge in [-0.1, -0.05) is 297 Å². The predicted octanol–water partition coefficient (Wildman–Crippen LogP) is 23.8. The lowest BCUT2D eigenvalue weighted by atomic mass is 9.80. The minimum atomic E-state index is 0.593. The summed E-state index contributed by atoms with van der Waals surface area (Å²) in [7, 11) is 0. The highest BCUT2D eigenvalue weighted by atomic mass is 32.1. The first kappa shape index (κ1) is 69.2. The Bertz CT molecular complexity index is 2430. The smallest absolute Gasteiger partial charge is 0.0950 e. The fourth-order valence-electron chi connectivity index (χ4n) is 7.78. The fraction of sp³-hybridized carbons (Fsp3) is 0.421. The molecule has 0 bridgehead atoms. The maximum absolute atomic E-state index is 4.13. The van der Waals surface area contributed by atoms with Gasteiger partial charge in [0.15, 0.2) is 0 Å². The summed E-state index contributed by atoms with van der Waals surface area (Å²) in [5.74, 6) is 6.00. The molecule has 6 aromatic carbocycles.